The molecule has 0 N–H and O–H groups in total. The fourth-order valence-electron chi connectivity index (χ4n) is 2.85. The van der Waals surface area contributed by atoms with Crippen LogP contribution in [0.5, 0.6) is 11.5 Å². The fraction of sp³-hybridized carbons (Fsp3) is 0.304. The summed E-state index contributed by atoms with van der Waals surface area (Å²) in [7, 11) is 0. The van der Waals surface area contributed by atoms with Gasteiger partial charge in [-0.2, -0.15) is 5.10 Å². The zero-order chi connectivity index (χ0) is 20.3. The predicted molar refractivity (Wildman–Crippen MR) is 116 cm³/mol. The van der Waals surface area contributed by atoms with E-state index in [1.54, 1.807) is 12.5 Å². The summed E-state index contributed by atoms with van der Waals surface area (Å²) in [5.74, 6) is 2.47. The number of hydrogen-bond acceptors (Lipinski definition) is 5. The van der Waals surface area contributed by atoms with E-state index in [0.29, 0.717) is 13.2 Å². The molecule has 3 rings (SSSR count). The van der Waals surface area contributed by atoms with Gasteiger partial charge < -0.3 is 9.47 Å². The molecule has 1 aromatic heterocycles. The van der Waals surface area contributed by atoms with Crippen molar-refractivity contribution in [2.45, 2.75) is 20.3 Å². The molecule has 2 aromatic carbocycles. The Morgan fingerprint density at radius 2 is 1.69 bits per heavy atom. The molecule has 0 spiro atoms. The minimum Gasteiger partial charge on any atom is -0.493 e. The van der Waals surface area contributed by atoms with Crippen molar-refractivity contribution in [3.63, 3.8) is 0 Å². The van der Waals surface area contributed by atoms with Gasteiger partial charge in [0, 0.05) is 31.9 Å². The van der Waals surface area contributed by atoms with Crippen LogP contribution in [0.2, 0.25) is 0 Å². The molecule has 0 aliphatic carbocycles. The van der Waals surface area contributed by atoms with E-state index < -0.39 is 0 Å². The van der Waals surface area contributed by atoms with Crippen molar-refractivity contribution in [3.05, 3.63) is 78.9 Å². The summed E-state index contributed by atoms with van der Waals surface area (Å²) in [5, 5.41) is 6.85. The van der Waals surface area contributed by atoms with Crippen molar-refractivity contribution in [1.82, 2.24) is 14.6 Å². The van der Waals surface area contributed by atoms with Crippen LogP contribution in [0.4, 0.5) is 0 Å². The molecular weight excluding hydrogens is 364 g/mol. The maximum atomic E-state index is 6.09. The van der Waals surface area contributed by atoms with E-state index in [2.05, 4.69) is 18.8 Å². The standard InChI is InChI=1S/C23H28N4O2/c1-3-27(4-2)25-23(26-16-15-24-19-26)21-13-8-9-14-22(21)29-18-10-17-28-20-11-6-5-7-12-20/h5-9,11-16,19H,3-4,10,17-18H2,1-2H3/b25-23-. The average molecular weight is 393 g/mol. The van der Waals surface area contributed by atoms with Crippen LogP contribution in [-0.2, 0) is 0 Å². The summed E-state index contributed by atoms with van der Waals surface area (Å²) in [4.78, 5) is 4.18. The minimum atomic E-state index is 0.562. The van der Waals surface area contributed by atoms with Crippen LogP contribution in [-0.4, -0.2) is 46.7 Å². The van der Waals surface area contributed by atoms with Gasteiger partial charge in [0.1, 0.15) is 17.8 Å². The summed E-state index contributed by atoms with van der Waals surface area (Å²) < 4.78 is 13.7. The van der Waals surface area contributed by atoms with Crippen LogP contribution in [0.15, 0.2) is 78.4 Å². The number of aromatic nitrogens is 2. The van der Waals surface area contributed by atoms with Crippen LogP contribution in [0.25, 0.3) is 0 Å². The van der Waals surface area contributed by atoms with Gasteiger partial charge in [-0.1, -0.05) is 30.3 Å². The third-order valence-corrected chi connectivity index (χ3v) is 4.40. The van der Waals surface area contributed by atoms with Crippen LogP contribution >= 0.6 is 0 Å². The number of benzene rings is 2. The van der Waals surface area contributed by atoms with Crippen molar-refractivity contribution in [1.29, 1.82) is 0 Å². The molecule has 3 aromatic rings. The first-order valence-electron chi connectivity index (χ1n) is 10.0. The Morgan fingerprint density at radius 3 is 2.41 bits per heavy atom. The Kier molecular flexibility index (Phi) is 7.69. The summed E-state index contributed by atoms with van der Waals surface area (Å²) in [5.41, 5.74) is 0.932. The first-order valence-corrected chi connectivity index (χ1v) is 10.0. The van der Waals surface area contributed by atoms with Crippen LogP contribution in [0.1, 0.15) is 25.8 Å². The first kappa shape index (κ1) is 20.5. The quantitative estimate of drug-likeness (QED) is 0.224. The SMILES string of the molecule is CCN(CC)/N=C(/c1ccccc1OCCCOc1ccccc1)n1ccnc1. The third-order valence-electron chi connectivity index (χ3n) is 4.40. The van der Waals surface area contributed by atoms with Gasteiger partial charge in [0.25, 0.3) is 0 Å². The maximum absolute atomic E-state index is 6.09. The van der Waals surface area contributed by atoms with Gasteiger partial charge in [0.2, 0.25) is 0 Å². The van der Waals surface area contributed by atoms with Gasteiger partial charge in [0.15, 0.2) is 5.84 Å². The molecule has 6 heteroatoms. The third kappa shape index (κ3) is 5.85. The lowest BCUT2D eigenvalue weighted by Gasteiger charge is -2.19. The van der Waals surface area contributed by atoms with E-state index in [9.17, 15) is 0 Å². The molecule has 1 heterocycles. The first-order chi connectivity index (χ1) is 14.3. The number of rotatable bonds is 10. The second-order valence-corrected chi connectivity index (χ2v) is 6.39. The Hall–Kier alpha value is -3.28. The molecule has 0 bridgehead atoms. The number of ether oxygens (including phenoxy) is 2. The molecule has 6 nitrogen and oxygen atoms in total. The number of imidazole rings is 1. The van der Waals surface area contributed by atoms with Gasteiger partial charge in [-0.05, 0) is 38.1 Å². The number of hydrazone groups is 1. The van der Waals surface area contributed by atoms with E-state index in [1.165, 1.54) is 0 Å². The minimum absolute atomic E-state index is 0.562. The molecule has 0 aliphatic heterocycles. The van der Waals surface area contributed by atoms with Crippen LogP contribution in [0.3, 0.4) is 0 Å². The van der Waals surface area contributed by atoms with E-state index >= 15 is 0 Å². The average Bonchev–Trinajstić information content (AvgIpc) is 3.30. The molecular formula is C23H28N4O2. The largest absolute Gasteiger partial charge is 0.493 e. The maximum Gasteiger partial charge on any atom is 0.169 e. The topological polar surface area (TPSA) is 51.9 Å². The molecule has 0 saturated heterocycles. The van der Waals surface area contributed by atoms with Crippen molar-refractivity contribution >= 4 is 5.84 Å². The second kappa shape index (κ2) is 10.9. The van der Waals surface area contributed by atoms with Crippen LogP contribution in [0, 0.1) is 0 Å². The molecule has 0 saturated carbocycles. The molecule has 0 radical (unpaired) electrons. The zero-order valence-electron chi connectivity index (χ0n) is 17.1. The van der Waals surface area contributed by atoms with Crippen molar-refractivity contribution in [2.24, 2.45) is 5.10 Å². The number of para-hydroxylation sites is 2. The van der Waals surface area contributed by atoms with E-state index in [1.807, 2.05) is 70.4 Å². The van der Waals surface area contributed by atoms with Gasteiger partial charge in [-0.25, -0.2) is 4.98 Å². The molecule has 0 aliphatic rings. The monoisotopic (exact) mass is 392 g/mol. The number of nitrogens with zero attached hydrogens (tertiary/aromatic N) is 4. The van der Waals surface area contributed by atoms with Crippen LogP contribution < -0.4 is 9.47 Å². The van der Waals surface area contributed by atoms with E-state index in [0.717, 1.165) is 42.4 Å². The van der Waals surface area contributed by atoms with Gasteiger partial charge in [0.05, 0.1) is 18.8 Å². The molecule has 0 unspecified atom stereocenters. The Morgan fingerprint density at radius 1 is 0.966 bits per heavy atom. The molecule has 0 fully saturated rings. The lowest BCUT2D eigenvalue weighted by Crippen LogP contribution is -2.23. The highest BCUT2D eigenvalue weighted by Crippen LogP contribution is 2.21. The molecule has 152 valence electrons. The summed E-state index contributed by atoms with van der Waals surface area (Å²) >= 11 is 0. The van der Waals surface area contributed by atoms with E-state index in [-0.39, 0.29) is 0 Å². The second-order valence-electron chi connectivity index (χ2n) is 6.39. The zero-order valence-corrected chi connectivity index (χ0v) is 17.1. The molecule has 29 heavy (non-hydrogen) atoms. The van der Waals surface area contributed by atoms with Crippen molar-refractivity contribution in [3.8, 4) is 11.5 Å². The van der Waals surface area contributed by atoms with E-state index in [4.69, 9.17) is 14.6 Å². The Labute approximate surface area is 172 Å². The smallest absolute Gasteiger partial charge is 0.169 e. The number of hydrogen-bond donors (Lipinski definition) is 0. The van der Waals surface area contributed by atoms with Gasteiger partial charge in [-0.15, -0.1) is 0 Å². The highest BCUT2D eigenvalue weighted by Gasteiger charge is 2.14. The van der Waals surface area contributed by atoms with Crippen molar-refractivity contribution in [2.75, 3.05) is 26.3 Å². The lowest BCUT2D eigenvalue weighted by molar-refractivity contribution is 0.247. The Bertz CT molecular complexity index is 875. The predicted octanol–water partition coefficient (Wildman–Crippen LogP) is 4.28. The summed E-state index contributed by atoms with van der Waals surface area (Å²) in [6, 6.07) is 17.8. The lowest BCUT2D eigenvalue weighted by atomic mass is 10.2. The highest BCUT2D eigenvalue weighted by atomic mass is 16.5. The molecule has 0 amide bonds. The molecule has 0 atom stereocenters. The summed E-state index contributed by atoms with van der Waals surface area (Å²) in [6.07, 6.45) is 6.19. The normalized spacial score (nSPS) is 11.3. The van der Waals surface area contributed by atoms with Crippen molar-refractivity contribution < 1.29 is 9.47 Å². The summed E-state index contributed by atoms with van der Waals surface area (Å²) in [6.45, 7) is 7.00. The highest BCUT2D eigenvalue weighted by molar-refractivity contribution is 6.02. The van der Waals surface area contributed by atoms with Gasteiger partial charge in [-0.3, -0.25) is 9.58 Å². The Balaban J connectivity index is 1.69. The van der Waals surface area contributed by atoms with Gasteiger partial charge >= 0.3 is 0 Å². The fourth-order valence-corrected chi connectivity index (χ4v) is 2.85.